The fourth-order valence-corrected chi connectivity index (χ4v) is 2.13. The highest BCUT2D eigenvalue weighted by atomic mass is 16.8. The smallest absolute Gasteiger partial charge is 0.164 e. The summed E-state index contributed by atoms with van der Waals surface area (Å²) >= 11 is 0. The number of hydrogen-bond acceptors (Lipinski definition) is 3. The van der Waals surface area contributed by atoms with E-state index in [-0.39, 0.29) is 18.8 Å². The molecule has 0 spiro atoms. The molecule has 0 aromatic heterocycles. The summed E-state index contributed by atoms with van der Waals surface area (Å²) in [7, 11) is 0. The number of aliphatic hydroxyl groups is 1. The SMILES string of the molecule is C[C@@H]1C=C(CO)[C@H]2OC(C)(C)O[C@@H]12. The van der Waals surface area contributed by atoms with Gasteiger partial charge in [0, 0.05) is 5.92 Å². The van der Waals surface area contributed by atoms with E-state index in [1.165, 1.54) is 0 Å². The molecule has 1 saturated heterocycles. The first-order valence-corrected chi connectivity index (χ1v) is 4.70. The van der Waals surface area contributed by atoms with E-state index in [0.717, 1.165) is 5.57 Å². The van der Waals surface area contributed by atoms with Gasteiger partial charge in [-0.1, -0.05) is 13.0 Å². The first-order chi connectivity index (χ1) is 6.03. The highest BCUT2D eigenvalue weighted by Crippen LogP contribution is 2.40. The lowest BCUT2D eigenvalue weighted by Gasteiger charge is -2.19. The largest absolute Gasteiger partial charge is 0.392 e. The first kappa shape index (κ1) is 9.19. The van der Waals surface area contributed by atoms with Gasteiger partial charge in [0.25, 0.3) is 0 Å². The van der Waals surface area contributed by atoms with E-state index in [9.17, 15) is 0 Å². The van der Waals surface area contributed by atoms with Gasteiger partial charge in [0.2, 0.25) is 0 Å². The Morgan fingerprint density at radius 2 is 2.15 bits per heavy atom. The van der Waals surface area contributed by atoms with Crippen LogP contribution in [0.25, 0.3) is 0 Å². The Morgan fingerprint density at radius 1 is 1.46 bits per heavy atom. The van der Waals surface area contributed by atoms with Gasteiger partial charge in [-0.3, -0.25) is 0 Å². The van der Waals surface area contributed by atoms with E-state index in [0.29, 0.717) is 5.92 Å². The van der Waals surface area contributed by atoms with Crippen LogP contribution in [0.3, 0.4) is 0 Å². The third-order valence-corrected chi connectivity index (χ3v) is 2.67. The third-order valence-electron chi connectivity index (χ3n) is 2.67. The van der Waals surface area contributed by atoms with Gasteiger partial charge < -0.3 is 14.6 Å². The zero-order valence-electron chi connectivity index (χ0n) is 8.28. The van der Waals surface area contributed by atoms with Crippen LogP contribution in [0.5, 0.6) is 0 Å². The van der Waals surface area contributed by atoms with Crippen LogP contribution >= 0.6 is 0 Å². The van der Waals surface area contributed by atoms with E-state index in [4.69, 9.17) is 14.6 Å². The van der Waals surface area contributed by atoms with Crippen molar-refractivity contribution in [3.05, 3.63) is 11.6 Å². The minimum atomic E-state index is -0.502. The molecule has 0 saturated carbocycles. The first-order valence-electron chi connectivity index (χ1n) is 4.70. The number of rotatable bonds is 1. The Balaban J connectivity index is 2.19. The molecule has 3 atom stereocenters. The van der Waals surface area contributed by atoms with Crippen molar-refractivity contribution in [2.24, 2.45) is 5.92 Å². The Kier molecular flexibility index (Phi) is 1.98. The minimum Gasteiger partial charge on any atom is -0.392 e. The molecule has 3 nitrogen and oxygen atoms in total. The summed E-state index contributed by atoms with van der Waals surface area (Å²) in [5, 5.41) is 9.10. The maximum absolute atomic E-state index is 9.10. The van der Waals surface area contributed by atoms with Crippen molar-refractivity contribution in [2.75, 3.05) is 6.61 Å². The van der Waals surface area contributed by atoms with Crippen LogP contribution in [-0.4, -0.2) is 29.7 Å². The summed E-state index contributed by atoms with van der Waals surface area (Å²) in [4.78, 5) is 0. The molecule has 0 bridgehead atoms. The fraction of sp³-hybridized carbons (Fsp3) is 0.800. The maximum Gasteiger partial charge on any atom is 0.164 e. The monoisotopic (exact) mass is 184 g/mol. The average molecular weight is 184 g/mol. The molecule has 1 N–H and O–H groups in total. The maximum atomic E-state index is 9.10. The summed E-state index contributed by atoms with van der Waals surface area (Å²) in [5.41, 5.74) is 0.961. The molecule has 0 unspecified atom stereocenters. The van der Waals surface area contributed by atoms with Crippen LogP contribution in [0.1, 0.15) is 20.8 Å². The predicted molar refractivity (Wildman–Crippen MR) is 48.2 cm³/mol. The zero-order chi connectivity index (χ0) is 9.64. The van der Waals surface area contributed by atoms with Crippen molar-refractivity contribution in [1.29, 1.82) is 0 Å². The molecule has 13 heavy (non-hydrogen) atoms. The minimum absolute atomic E-state index is 0.0324. The van der Waals surface area contributed by atoms with Gasteiger partial charge >= 0.3 is 0 Å². The second-order valence-corrected chi connectivity index (χ2v) is 4.28. The number of aliphatic hydroxyl groups excluding tert-OH is 1. The van der Waals surface area contributed by atoms with Crippen molar-refractivity contribution >= 4 is 0 Å². The molecule has 1 aliphatic heterocycles. The summed E-state index contributed by atoms with van der Waals surface area (Å²) in [6.45, 7) is 5.98. The molecule has 0 aromatic rings. The second-order valence-electron chi connectivity index (χ2n) is 4.28. The molecule has 1 aliphatic carbocycles. The average Bonchev–Trinajstić information content (AvgIpc) is 2.47. The van der Waals surface area contributed by atoms with Crippen LogP contribution in [0.15, 0.2) is 11.6 Å². The van der Waals surface area contributed by atoms with Crippen LogP contribution in [-0.2, 0) is 9.47 Å². The van der Waals surface area contributed by atoms with E-state index in [1.54, 1.807) is 0 Å². The summed E-state index contributed by atoms with van der Waals surface area (Å²) in [6, 6.07) is 0. The van der Waals surface area contributed by atoms with Crippen molar-refractivity contribution in [2.45, 2.75) is 38.8 Å². The predicted octanol–water partition coefficient (Wildman–Crippen LogP) is 1.07. The Labute approximate surface area is 78.3 Å². The lowest BCUT2D eigenvalue weighted by atomic mass is 10.1. The highest BCUT2D eigenvalue weighted by Gasteiger charge is 2.48. The van der Waals surface area contributed by atoms with Crippen molar-refractivity contribution < 1.29 is 14.6 Å². The third kappa shape index (κ3) is 1.41. The van der Waals surface area contributed by atoms with E-state index < -0.39 is 5.79 Å². The molecule has 2 aliphatic rings. The molecule has 1 heterocycles. The summed E-state index contributed by atoms with van der Waals surface area (Å²) in [5.74, 6) is -0.160. The Morgan fingerprint density at radius 3 is 2.77 bits per heavy atom. The number of hydrogen-bond donors (Lipinski definition) is 1. The Bertz CT molecular complexity index is 245. The molecule has 0 aromatic carbocycles. The van der Waals surface area contributed by atoms with Gasteiger partial charge in [0.05, 0.1) is 12.7 Å². The standard InChI is InChI=1S/C10H16O3/c1-6-4-7(5-11)9-8(6)12-10(2,3)13-9/h4,6,8-9,11H,5H2,1-3H3/t6-,8+,9-/m1/s1. The van der Waals surface area contributed by atoms with Crippen molar-refractivity contribution in [1.82, 2.24) is 0 Å². The number of ether oxygens (including phenoxy) is 2. The van der Waals surface area contributed by atoms with Crippen LogP contribution in [0.2, 0.25) is 0 Å². The lowest BCUT2D eigenvalue weighted by Crippen LogP contribution is -2.24. The van der Waals surface area contributed by atoms with Crippen LogP contribution < -0.4 is 0 Å². The molecular formula is C10H16O3. The van der Waals surface area contributed by atoms with Gasteiger partial charge in [-0.05, 0) is 19.4 Å². The van der Waals surface area contributed by atoms with Crippen molar-refractivity contribution in [3.63, 3.8) is 0 Å². The summed E-state index contributed by atoms with van der Waals surface area (Å²) in [6.07, 6.45) is 2.11. The molecule has 1 fully saturated rings. The highest BCUT2D eigenvalue weighted by molar-refractivity contribution is 5.23. The molecule has 0 amide bonds. The van der Waals surface area contributed by atoms with Gasteiger partial charge in [-0.15, -0.1) is 0 Å². The normalized spacial score (nSPS) is 41.8. The molecular weight excluding hydrogens is 168 g/mol. The molecule has 0 radical (unpaired) electrons. The van der Waals surface area contributed by atoms with Crippen LogP contribution in [0.4, 0.5) is 0 Å². The van der Waals surface area contributed by atoms with Gasteiger partial charge in [-0.25, -0.2) is 0 Å². The fourth-order valence-electron chi connectivity index (χ4n) is 2.13. The van der Waals surface area contributed by atoms with E-state index in [1.807, 2.05) is 19.9 Å². The second kappa shape index (κ2) is 2.80. The molecule has 74 valence electrons. The zero-order valence-corrected chi connectivity index (χ0v) is 8.28. The van der Waals surface area contributed by atoms with E-state index >= 15 is 0 Å². The van der Waals surface area contributed by atoms with Gasteiger partial charge in [0.15, 0.2) is 5.79 Å². The number of fused-ring (bicyclic) bond motifs is 1. The van der Waals surface area contributed by atoms with Crippen LogP contribution in [0, 0.1) is 5.92 Å². The van der Waals surface area contributed by atoms with Crippen molar-refractivity contribution in [3.8, 4) is 0 Å². The lowest BCUT2D eigenvalue weighted by molar-refractivity contribution is -0.148. The van der Waals surface area contributed by atoms with E-state index in [2.05, 4.69) is 6.92 Å². The van der Waals surface area contributed by atoms with Gasteiger partial charge in [0.1, 0.15) is 6.10 Å². The molecule has 2 rings (SSSR count). The summed E-state index contributed by atoms with van der Waals surface area (Å²) < 4.78 is 11.4. The molecule has 3 heteroatoms. The topological polar surface area (TPSA) is 38.7 Å². The van der Waals surface area contributed by atoms with Gasteiger partial charge in [-0.2, -0.15) is 0 Å². The quantitative estimate of drug-likeness (QED) is 0.620. The Hall–Kier alpha value is -0.380.